The second-order valence-electron chi connectivity index (χ2n) is 7.73. The normalized spacial score (nSPS) is 16.3. The van der Waals surface area contributed by atoms with Gasteiger partial charge in [0.25, 0.3) is 0 Å². The standard InChI is InChI=1S/C25H28N2O4/c1-17-13-19-7-5-6-8-21(19)27(17)20-11-12-26(16-20)24(28)10-9-18-14-22(29-2)25(31-4)23(15-18)30-3/h5-10,13-15,20H,11-12,16H2,1-4H3/b10-9+. The van der Waals surface area contributed by atoms with E-state index in [4.69, 9.17) is 14.2 Å². The minimum Gasteiger partial charge on any atom is -0.493 e. The van der Waals surface area contributed by atoms with Crippen LogP contribution in [0.15, 0.2) is 48.5 Å². The number of carbonyl (C=O) groups is 1. The van der Waals surface area contributed by atoms with E-state index >= 15 is 0 Å². The number of ether oxygens (including phenoxy) is 3. The number of likely N-dealkylation sites (tertiary alicyclic amines) is 1. The molecule has 0 aliphatic carbocycles. The number of methoxy groups -OCH3 is 3. The molecule has 2 heterocycles. The fourth-order valence-electron chi connectivity index (χ4n) is 4.42. The monoisotopic (exact) mass is 420 g/mol. The van der Waals surface area contributed by atoms with Crippen molar-refractivity contribution < 1.29 is 19.0 Å². The summed E-state index contributed by atoms with van der Waals surface area (Å²) in [5.41, 5.74) is 3.27. The van der Waals surface area contributed by atoms with E-state index < -0.39 is 0 Å². The van der Waals surface area contributed by atoms with Gasteiger partial charge in [-0.2, -0.15) is 0 Å². The Morgan fingerprint density at radius 2 is 1.74 bits per heavy atom. The fraction of sp³-hybridized carbons (Fsp3) is 0.320. The highest BCUT2D eigenvalue weighted by molar-refractivity contribution is 5.92. The van der Waals surface area contributed by atoms with E-state index in [-0.39, 0.29) is 5.91 Å². The van der Waals surface area contributed by atoms with Crippen molar-refractivity contribution in [2.45, 2.75) is 19.4 Å². The van der Waals surface area contributed by atoms with Crippen molar-refractivity contribution in [3.63, 3.8) is 0 Å². The maximum absolute atomic E-state index is 12.9. The molecule has 1 aromatic heterocycles. The van der Waals surface area contributed by atoms with Crippen LogP contribution < -0.4 is 14.2 Å². The zero-order chi connectivity index (χ0) is 22.0. The van der Waals surface area contributed by atoms with Gasteiger partial charge in [-0.3, -0.25) is 4.79 Å². The Labute approximate surface area is 182 Å². The molecule has 1 amide bonds. The lowest BCUT2D eigenvalue weighted by Crippen LogP contribution is -2.27. The third kappa shape index (κ3) is 3.98. The number of nitrogens with zero attached hydrogens (tertiary/aromatic N) is 2. The van der Waals surface area contributed by atoms with E-state index in [1.165, 1.54) is 16.6 Å². The zero-order valence-corrected chi connectivity index (χ0v) is 18.4. The molecule has 6 heteroatoms. The molecule has 2 aromatic carbocycles. The van der Waals surface area contributed by atoms with Crippen molar-refractivity contribution in [1.29, 1.82) is 0 Å². The van der Waals surface area contributed by atoms with Crippen LogP contribution in [0.3, 0.4) is 0 Å². The summed E-state index contributed by atoms with van der Waals surface area (Å²) in [5, 5.41) is 1.24. The Balaban J connectivity index is 1.50. The van der Waals surface area contributed by atoms with E-state index in [1.54, 1.807) is 33.5 Å². The van der Waals surface area contributed by atoms with Crippen LogP contribution in [0.4, 0.5) is 0 Å². The quantitative estimate of drug-likeness (QED) is 0.553. The Kier molecular flexibility index (Phi) is 5.89. The molecule has 0 bridgehead atoms. The number of hydrogen-bond acceptors (Lipinski definition) is 4. The van der Waals surface area contributed by atoms with Gasteiger partial charge in [-0.1, -0.05) is 18.2 Å². The molecule has 1 atom stereocenters. The van der Waals surface area contributed by atoms with Gasteiger partial charge in [-0.15, -0.1) is 0 Å². The number of benzene rings is 2. The molecule has 0 spiro atoms. The largest absolute Gasteiger partial charge is 0.493 e. The Morgan fingerprint density at radius 1 is 1.03 bits per heavy atom. The second kappa shape index (κ2) is 8.76. The number of rotatable bonds is 6. The maximum atomic E-state index is 12.9. The van der Waals surface area contributed by atoms with Crippen LogP contribution in [0, 0.1) is 6.92 Å². The van der Waals surface area contributed by atoms with Gasteiger partial charge in [0.05, 0.1) is 27.4 Å². The van der Waals surface area contributed by atoms with Gasteiger partial charge in [-0.05, 0) is 54.6 Å². The molecule has 1 aliphatic heterocycles. The predicted octanol–water partition coefficient (Wildman–Crippen LogP) is 4.46. The fourth-order valence-corrected chi connectivity index (χ4v) is 4.42. The Hall–Kier alpha value is -3.41. The highest BCUT2D eigenvalue weighted by atomic mass is 16.5. The summed E-state index contributed by atoms with van der Waals surface area (Å²) in [4.78, 5) is 14.8. The van der Waals surface area contributed by atoms with Crippen LogP contribution >= 0.6 is 0 Å². The van der Waals surface area contributed by atoms with Crippen molar-refractivity contribution in [3.8, 4) is 17.2 Å². The molecular formula is C25H28N2O4. The van der Waals surface area contributed by atoms with Crippen LogP contribution in [0.2, 0.25) is 0 Å². The van der Waals surface area contributed by atoms with Crippen molar-refractivity contribution in [2.75, 3.05) is 34.4 Å². The number of carbonyl (C=O) groups excluding carboxylic acids is 1. The lowest BCUT2D eigenvalue weighted by molar-refractivity contribution is -0.125. The molecule has 1 unspecified atom stereocenters. The van der Waals surface area contributed by atoms with E-state index in [2.05, 4.69) is 41.8 Å². The van der Waals surface area contributed by atoms with Gasteiger partial charge in [0.2, 0.25) is 11.7 Å². The molecule has 3 aromatic rings. The second-order valence-corrected chi connectivity index (χ2v) is 7.73. The van der Waals surface area contributed by atoms with Gasteiger partial charge in [0.1, 0.15) is 0 Å². The SMILES string of the molecule is COc1cc(/C=C/C(=O)N2CCC(n3c(C)cc4ccccc43)C2)cc(OC)c1OC. The molecule has 0 saturated carbocycles. The topological polar surface area (TPSA) is 52.9 Å². The molecule has 1 saturated heterocycles. The lowest BCUT2D eigenvalue weighted by atomic mass is 10.1. The highest BCUT2D eigenvalue weighted by Crippen LogP contribution is 2.38. The summed E-state index contributed by atoms with van der Waals surface area (Å²) >= 11 is 0. The van der Waals surface area contributed by atoms with Crippen LogP contribution in [-0.4, -0.2) is 49.8 Å². The van der Waals surface area contributed by atoms with E-state index in [9.17, 15) is 4.79 Å². The summed E-state index contributed by atoms with van der Waals surface area (Å²) in [6.45, 7) is 3.59. The number of fused-ring (bicyclic) bond motifs is 1. The number of aromatic nitrogens is 1. The van der Waals surface area contributed by atoms with Crippen LogP contribution in [0.1, 0.15) is 23.7 Å². The van der Waals surface area contributed by atoms with Crippen LogP contribution in [-0.2, 0) is 4.79 Å². The summed E-state index contributed by atoms with van der Waals surface area (Å²) in [6.07, 6.45) is 4.35. The van der Waals surface area contributed by atoms with Gasteiger partial charge >= 0.3 is 0 Å². The summed E-state index contributed by atoms with van der Waals surface area (Å²) in [5.74, 6) is 1.66. The third-order valence-corrected chi connectivity index (χ3v) is 5.89. The first-order valence-corrected chi connectivity index (χ1v) is 10.4. The van der Waals surface area contributed by atoms with E-state index in [0.29, 0.717) is 29.8 Å². The first kappa shape index (κ1) is 20.8. The highest BCUT2D eigenvalue weighted by Gasteiger charge is 2.27. The van der Waals surface area contributed by atoms with Crippen molar-refractivity contribution in [1.82, 2.24) is 9.47 Å². The molecule has 31 heavy (non-hydrogen) atoms. The summed E-state index contributed by atoms with van der Waals surface area (Å²) in [7, 11) is 4.72. The summed E-state index contributed by atoms with van der Waals surface area (Å²) in [6, 6.07) is 14.6. The number of hydrogen-bond donors (Lipinski definition) is 0. The van der Waals surface area contributed by atoms with E-state index in [0.717, 1.165) is 18.5 Å². The molecule has 4 rings (SSSR count). The molecule has 1 fully saturated rings. The average Bonchev–Trinajstić information content (AvgIpc) is 3.40. The van der Waals surface area contributed by atoms with Gasteiger partial charge in [0.15, 0.2) is 11.5 Å². The van der Waals surface area contributed by atoms with Crippen molar-refractivity contribution >= 4 is 22.9 Å². The smallest absolute Gasteiger partial charge is 0.246 e. The number of para-hydroxylation sites is 1. The van der Waals surface area contributed by atoms with Gasteiger partial charge in [-0.25, -0.2) is 0 Å². The first-order valence-electron chi connectivity index (χ1n) is 10.4. The third-order valence-electron chi connectivity index (χ3n) is 5.89. The zero-order valence-electron chi connectivity index (χ0n) is 18.4. The molecule has 6 nitrogen and oxygen atoms in total. The number of amides is 1. The average molecular weight is 421 g/mol. The molecule has 1 aliphatic rings. The van der Waals surface area contributed by atoms with Crippen LogP contribution in [0.25, 0.3) is 17.0 Å². The van der Waals surface area contributed by atoms with Gasteiger partial charge in [0, 0.05) is 30.4 Å². The molecule has 0 radical (unpaired) electrons. The Bertz CT molecular complexity index is 1110. The van der Waals surface area contributed by atoms with Crippen molar-refractivity contribution in [3.05, 3.63) is 59.8 Å². The maximum Gasteiger partial charge on any atom is 0.246 e. The van der Waals surface area contributed by atoms with Gasteiger partial charge < -0.3 is 23.7 Å². The molecule has 0 N–H and O–H groups in total. The minimum absolute atomic E-state index is 0.00497. The lowest BCUT2D eigenvalue weighted by Gasteiger charge is -2.18. The van der Waals surface area contributed by atoms with Crippen molar-refractivity contribution in [2.24, 2.45) is 0 Å². The molecular weight excluding hydrogens is 392 g/mol. The van der Waals surface area contributed by atoms with E-state index in [1.807, 2.05) is 17.0 Å². The predicted molar refractivity (Wildman–Crippen MR) is 122 cm³/mol. The first-order chi connectivity index (χ1) is 15.0. The number of aryl methyl sites for hydroxylation is 1. The van der Waals surface area contributed by atoms with Crippen LogP contribution in [0.5, 0.6) is 17.2 Å². The minimum atomic E-state index is 0.00497. The Morgan fingerprint density at radius 3 is 2.42 bits per heavy atom. The summed E-state index contributed by atoms with van der Waals surface area (Å²) < 4.78 is 18.5. The molecule has 162 valence electrons.